The van der Waals surface area contributed by atoms with Crippen LogP contribution in [0.15, 0.2) is 36.7 Å². The van der Waals surface area contributed by atoms with Crippen LogP contribution in [0.4, 0.5) is 5.69 Å². The fourth-order valence-electron chi connectivity index (χ4n) is 2.85. The normalized spacial score (nSPS) is 25.7. The van der Waals surface area contributed by atoms with E-state index in [2.05, 4.69) is 41.6 Å². The SMILES string of the molecule is CCC1(C)CC(Nc2ccccc2-n2ccnn2)CCO1. The largest absolute Gasteiger partial charge is 0.380 e. The molecule has 0 saturated carbocycles. The minimum atomic E-state index is -0.0158. The molecule has 21 heavy (non-hydrogen) atoms. The van der Waals surface area contributed by atoms with Gasteiger partial charge in [-0.15, -0.1) is 5.10 Å². The zero-order valence-corrected chi connectivity index (χ0v) is 12.6. The number of nitrogens with zero attached hydrogens (tertiary/aromatic N) is 3. The first kappa shape index (κ1) is 14.1. The molecule has 2 atom stereocenters. The number of hydrogen-bond acceptors (Lipinski definition) is 4. The average molecular weight is 286 g/mol. The molecule has 0 aliphatic carbocycles. The molecule has 1 aromatic carbocycles. The Labute approximate surface area is 125 Å². The molecule has 1 aliphatic rings. The molecule has 1 aromatic heterocycles. The highest BCUT2D eigenvalue weighted by Crippen LogP contribution is 2.30. The lowest BCUT2D eigenvalue weighted by Crippen LogP contribution is -2.42. The van der Waals surface area contributed by atoms with Gasteiger partial charge in [0.2, 0.25) is 0 Å². The van der Waals surface area contributed by atoms with E-state index in [1.807, 2.05) is 18.3 Å². The monoisotopic (exact) mass is 286 g/mol. The highest BCUT2D eigenvalue weighted by atomic mass is 16.5. The van der Waals surface area contributed by atoms with Crippen LogP contribution in [0.25, 0.3) is 5.69 Å². The summed E-state index contributed by atoms with van der Waals surface area (Å²) >= 11 is 0. The van der Waals surface area contributed by atoms with Crippen LogP contribution in [-0.2, 0) is 4.74 Å². The predicted octanol–water partition coefficient (Wildman–Crippen LogP) is 3.03. The van der Waals surface area contributed by atoms with Crippen LogP contribution in [0.5, 0.6) is 0 Å². The van der Waals surface area contributed by atoms with Gasteiger partial charge in [0.15, 0.2) is 0 Å². The number of aromatic nitrogens is 3. The molecule has 0 bridgehead atoms. The fraction of sp³-hybridized carbons (Fsp3) is 0.500. The summed E-state index contributed by atoms with van der Waals surface area (Å²) in [5.41, 5.74) is 2.10. The van der Waals surface area contributed by atoms with Crippen molar-refractivity contribution >= 4 is 5.69 Å². The Morgan fingerprint density at radius 1 is 1.43 bits per heavy atom. The number of rotatable bonds is 4. The average Bonchev–Trinajstić information content (AvgIpc) is 3.02. The van der Waals surface area contributed by atoms with Gasteiger partial charge in [-0.1, -0.05) is 24.3 Å². The molecule has 0 amide bonds. The van der Waals surface area contributed by atoms with Crippen LogP contribution in [0, 0.1) is 0 Å². The summed E-state index contributed by atoms with van der Waals surface area (Å²) < 4.78 is 7.71. The zero-order chi connectivity index (χ0) is 14.7. The second-order valence-corrected chi connectivity index (χ2v) is 5.85. The van der Waals surface area contributed by atoms with Gasteiger partial charge in [0.1, 0.15) is 0 Å². The third-order valence-corrected chi connectivity index (χ3v) is 4.28. The summed E-state index contributed by atoms with van der Waals surface area (Å²) in [6.45, 7) is 5.20. The van der Waals surface area contributed by atoms with E-state index in [1.54, 1.807) is 10.9 Å². The number of benzene rings is 1. The van der Waals surface area contributed by atoms with Crippen LogP contribution in [-0.4, -0.2) is 33.2 Å². The minimum Gasteiger partial charge on any atom is -0.380 e. The van der Waals surface area contributed by atoms with Crippen molar-refractivity contribution in [3.63, 3.8) is 0 Å². The molecule has 1 fully saturated rings. The van der Waals surface area contributed by atoms with E-state index in [9.17, 15) is 0 Å². The van der Waals surface area contributed by atoms with Crippen LogP contribution in [0.2, 0.25) is 0 Å². The molecule has 1 saturated heterocycles. The van der Waals surface area contributed by atoms with E-state index < -0.39 is 0 Å². The van der Waals surface area contributed by atoms with Crippen molar-refractivity contribution < 1.29 is 4.74 Å². The quantitative estimate of drug-likeness (QED) is 0.938. The number of ether oxygens (including phenoxy) is 1. The van der Waals surface area contributed by atoms with E-state index in [0.29, 0.717) is 6.04 Å². The Kier molecular flexibility index (Phi) is 3.92. The van der Waals surface area contributed by atoms with Crippen LogP contribution >= 0.6 is 0 Å². The molecule has 2 heterocycles. The van der Waals surface area contributed by atoms with Crippen LogP contribution in [0.3, 0.4) is 0 Å². The maximum atomic E-state index is 5.92. The highest BCUT2D eigenvalue weighted by molar-refractivity contribution is 5.61. The summed E-state index contributed by atoms with van der Waals surface area (Å²) in [5.74, 6) is 0. The Morgan fingerprint density at radius 3 is 3.05 bits per heavy atom. The van der Waals surface area contributed by atoms with Crippen LogP contribution < -0.4 is 5.32 Å². The number of para-hydroxylation sites is 2. The molecular formula is C16H22N4O. The molecule has 2 aromatic rings. The number of nitrogens with one attached hydrogen (secondary N) is 1. The lowest BCUT2D eigenvalue weighted by Gasteiger charge is -2.38. The van der Waals surface area contributed by atoms with Gasteiger partial charge in [0, 0.05) is 12.6 Å². The molecular weight excluding hydrogens is 264 g/mol. The van der Waals surface area contributed by atoms with Crippen LogP contribution in [0.1, 0.15) is 33.1 Å². The molecule has 0 spiro atoms. The zero-order valence-electron chi connectivity index (χ0n) is 12.6. The van der Waals surface area contributed by atoms with Gasteiger partial charge in [-0.05, 0) is 38.3 Å². The molecule has 112 valence electrons. The Bertz CT molecular complexity index is 584. The van der Waals surface area contributed by atoms with Crippen molar-refractivity contribution in [2.24, 2.45) is 0 Å². The van der Waals surface area contributed by atoms with Crippen molar-refractivity contribution in [1.29, 1.82) is 0 Å². The number of anilines is 1. The first-order valence-electron chi connectivity index (χ1n) is 7.56. The summed E-state index contributed by atoms with van der Waals surface area (Å²) in [7, 11) is 0. The van der Waals surface area contributed by atoms with E-state index >= 15 is 0 Å². The van der Waals surface area contributed by atoms with Gasteiger partial charge in [0.05, 0.1) is 29.4 Å². The molecule has 1 aliphatic heterocycles. The third kappa shape index (κ3) is 3.08. The minimum absolute atomic E-state index is 0.0158. The molecule has 0 radical (unpaired) electrons. The Balaban J connectivity index is 1.79. The second-order valence-electron chi connectivity index (χ2n) is 5.85. The van der Waals surface area contributed by atoms with Crippen molar-refractivity contribution in [1.82, 2.24) is 15.0 Å². The van der Waals surface area contributed by atoms with Crippen molar-refractivity contribution in [3.8, 4) is 5.69 Å². The van der Waals surface area contributed by atoms with E-state index in [4.69, 9.17) is 4.74 Å². The first-order chi connectivity index (χ1) is 10.2. The van der Waals surface area contributed by atoms with Crippen molar-refractivity contribution in [2.75, 3.05) is 11.9 Å². The van der Waals surface area contributed by atoms with Gasteiger partial charge in [-0.2, -0.15) is 0 Å². The van der Waals surface area contributed by atoms with Gasteiger partial charge in [-0.25, -0.2) is 4.68 Å². The maximum absolute atomic E-state index is 5.92. The van der Waals surface area contributed by atoms with Crippen molar-refractivity contribution in [2.45, 2.75) is 44.8 Å². The molecule has 5 heteroatoms. The smallest absolute Gasteiger partial charge is 0.0894 e. The van der Waals surface area contributed by atoms with E-state index in [-0.39, 0.29) is 5.60 Å². The lowest BCUT2D eigenvalue weighted by molar-refractivity contribution is -0.0708. The van der Waals surface area contributed by atoms with Gasteiger partial charge >= 0.3 is 0 Å². The summed E-state index contributed by atoms with van der Waals surface area (Å²) in [6.07, 6.45) is 6.65. The maximum Gasteiger partial charge on any atom is 0.0894 e. The second kappa shape index (κ2) is 5.85. The van der Waals surface area contributed by atoms with Gasteiger partial charge in [-0.3, -0.25) is 0 Å². The van der Waals surface area contributed by atoms with Crippen molar-refractivity contribution in [3.05, 3.63) is 36.7 Å². The summed E-state index contributed by atoms with van der Waals surface area (Å²) in [4.78, 5) is 0. The predicted molar refractivity (Wildman–Crippen MR) is 82.7 cm³/mol. The first-order valence-corrected chi connectivity index (χ1v) is 7.56. The number of hydrogen-bond donors (Lipinski definition) is 1. The molecule has 3 rings (SSSR count). The van der Waals surface area contributed by atoms with E-state index in [0.717, 1.165) is 37.2 Å². The molecule has 1 N–H and O–H groups in total. The molecule has 2 unspecified atom stereocenters. The standard InChI is InChI=1S/C16H22N4O/c1-3-16(2)12-13(8-11-21-16)18-14-6-4-5-7-15(14)20-10-9-17-19-20/h4-7,9-10,13,18H,3,8,11-12H2,1-2H3. The van der Waals surface area contributed by atoms with Gasteiger partial charge < -0.3 is 10.1 Å². The Hall–Kier alpha value is -1.88. The summed E-state index contributed by atoms with van der Waals surface area (Å²) in [6, 6.07) is 8.63. The summed E-state index contributed by atoms with van der Waals surface area (Å²) in [5, 5.41) is 11.6. The highest BCUT2D eigenvalue weighted by Gasteiger charge is 2.31. The van der Waals surface area contributed by atoms with E-state index in [1.165, 1.54) is 0 Å². The van der Waals surface area contributed by atoms with Gasteiger partial charge in [0.25, 0.3) is 0 Å². The lowest BCUT2D eigenvalue weighted by atomic mass is 9.90. The molecule has 5 nitrogen and oxygen atoms in total. The fourth-order valence-corrected chi connectivity index (χ4v) is 2.85. The topological polar surface area (TPSA) is 52.0 Å². The third-order valence-electron chi connectivity index (χ3n) is 4.28. The Morgan fingerprint density at radius 2 is 2.29 bits per heavy atom.